The monoisotopic (exact) mass is 223 g/mol. The molecule has 2 aromatic rings. The van der Waals surface area contributed by atoms with Gasteiger partial charge in [0.25, 0.3) is 5.89 Å². The Bertz CT molecular complexity index is 435. The van der Waals surface area contributed by atoms with Crippen LogP contribution in [0.15, 0.2) is 16.0 Å². The third-order valence-electron chi connectivity index (χ3n) is 2.16. The van der Waals surface area contributed by atoms with Crippen molar-refractivity contribution in [2.75, 3.05) is 6.54 Å². The van der Waals surface area contributed by atoms with E-state index in [1.807, 2.05) is 5.38 Å². The summed E-state index contributed by atoms with van der Waals surface area (Å²) in [6.45, 7) is 2.66. The van der Waals surface area contributed by atoms with Crippen molar-refractivity contribution < 1.29 is 4.52 Å². The molecule has 15 heavy (non-hydrogen) atoms. The van der Waals surface area contributed by atoms with Crippen LogP contribution in [-0.2, 0) is 12.8 Å². The van der Waals surface area contributed by atoms with Crippen LogP contribution in [0.4, 0.5) is 0 Å². The number of hydrogen-bond donors (Lipinski definition) is 1. The van der Waals surface area contributed by atoms with Crippen molar-refractivity contribution in [2.24, 2.45) is 5.73 Å². The van der Waals surface area contributed by atoms with Crippen molar-refractivity contribution in [2.45, 2.75) is 19.8 Å². The molecule has 2 heterocycles. The van der Waals surface area contributed by atoms with E-state index in [0.717, 1.165) is 11.3 Å². The molecule has 0 aliphatic rings. The van der Waals surface area contributed by atoms with Crippen LogP contribution < -0.4 is 5.73 Å². The second-order valence-corrected chi connectivity index (χ2v) is 4.10. The molecular weight excluding hydrogens is 210 g/mol. The van der Waals surface area contributed by atoms with Gasteiger partial charge in [0.1, 0.15) is 0 Å². The van der Waals surface area contributed by atoms with E-state index in [0.29, 0.717) is 24.7 Å². The lowest BCUT2D eigenvalue weighted by atomic mass is 10.2. The summed E-state index contributed by atoms with van der Waals surface area (Å²) in [4.78, 5) is 5.38. The molecule has 2 aromatic heterocycles. The number of hydrogen-bond acceptors (Lipinski definition) is 5. The number of thiophene rings is 1. The molecule has 0 aromatic carbocycles. The van der Waals surface area contributed by atoms with Gasteiger partial charge >= 0.3 is 0 Å². The van der Waals surface area contributed by atoms with Gasteiger partial charge in [0, 0.05) is 6.42 Å². The summed E-state index contributed by atoms with van der Waals surface area (Å²) in [5.41, 5.74) is 6.68. The van der Waals surface area contributed by atoms with Gasteiger partial charge in [-0.1, -0.05) is 12.1 Å². The number of nitrogens with zero attached hydrogens (tertiary/aromatic N) is 2. The van der Waals surface area contributed by atoms with Gasteiger partial charge in [0.2, 0.25) is 0 Å². The largest absolute Gasteiger partial charge is 0.333 e. The maximum Gasteiger partial charge on any atom is 0.268 e. The van der Waals surface area contributed by atoms with Crippen LogP contribution in [0, 0.1) is 0 Å². The van der Waals surface area contributed by atoms with Crippen molar-refractivity contribution in [3.63, 3.8) is 0 Å². The summed E-state index contributed by atoms with van der Waals surface area (Å²) < 4.78 is 5.20. The maximum atomic E-state index is 5.43. The first-order valence-corrected chi connectivity index (χ1v) is 5.82. The summed E-state index contributed by atoms with van der Waals surface area (Å²) in [5.74, 6) is 1.30. The van der Waals surface area contributed by atoms with Gasteiger partial charge < -0.3 is 10.3 Å². The van der Waals surface area contributed by atoms with Gasteiger partial charge in [-0.25, -0.2) is 0 Å². The lowest BCUT2D eigenvalue weighted by Crippen LogP contribution is -2.03. The molecule has 0 aliphatic heterocycles. The number of aromatic nitrogens is 2. The summed E-state index contributed by atoms with van der Waals surface area (Å²) in [7, 11) is 0. The molecule has 2 rings (SSSR count). The number of nitrogens with two attached hydrogens (primary N) is 1. The van der Waals surface area contributed by atoms with Crippen LogP contribution in [0.1, 0.15) is 18.3 Å². The van der Waals surface area contributed by atoms with E-state index in [2.05, 4.69) is 23.1 Å². The molecule has 0 radical (unpaired) electrons. The Morgan fingerprint density at radius 1 is 1.53 bits per heavy atom. The minimum atomic E-state index is 0.546. The molecule has 5 heteroatoms. The Hall–Kier alpha value is -1.20. The maximum absolute atomic E-state index is 5.43. The molecule has 80 valence electrons. The highest BCUT2D eigenvalue weighted by Crippen LogP contribution is 2.28. The predicted molar refractivity (Wildman–Crippen MR) is 59.7 cm³/mol. The summed E-state index contributed by atoms with van der Waals surface area (Å²) in [6.07, 6.45) is 1.64. The standard InChI is InChI=1S/C10H13N3OS/c1-2-7-4-6-15-9(7)10-12-8(3-5-11)13-14-10/h4,6H,2-3,5,11H2,1H3. The lowest BCUT2D eigenvalue weighted by molar-refractivity contribution is 0.423. The second-order valence-electron chi connectivity index (χ2n) is 3.18. The Morgan fingerprint density at radius 3 is 3.13 bits per heavy atom. The van der Waals surface area contributed by atoms with Crippen LogP contribution >= 0.6 is 11.3 Å². The molecule has 4 nitrogen and oxygen atoms in total. The van der Waals surface area contributed by atoms with E-state index in [1.54, 1.807) is 11.3 Å². The van der Waals surface area contributed by atoms with Crippen LogP contribution in [0.25, 0.3) is 10.8 Å². The molecule has 0 amide bonds. The first-order chi connectivity index (χ1) is 7.35. The predicted octanol–water partition coefficient (Wildman–Crippen LogP) is 1.86. The molecule has 0 aliphatic carbocycles. The van der Waals surface area contributed by atoms with Crippen molar-refractivity contribution in [1.82, 2.24) is 10.1 Å². The highest BCUT2D eigenvalue weighted by molar-refractivity contribution is 7.13. The smallest absolute Gasteiger partial charge is 0.268 e. The van der Waals surface area contributed by atoms with Crippen LogP contribution in [0.3, 0.4) is 0 Å². The van der Waals surface area contributed by atoms with Crippen molar-refractivity contribution in [1.29, 1.82) is 0 Å². The molecule has 0 fully saturated rings. The zero-order chi connectivity index (χ0) is 10.7. The first kappa shape index (κ1) is 10.3. The van der Waals surface area contributed by atoms with Crippen LogP contribution in [0.2, 0.25) is 0 Å². The van der Waals surface area contributed by atoms with Gasteiger partial charge in [-0.3, -0.25) is 0 Å². The third kappa shape index (κ3) is 2.08. The Balaban J connectivity index is 2.28. The second kappa shape index (κ2) is 4.55. The average Bonchev–Trinajstić information content (AvgIpc) is 2.84. The molecule has 0 bridgehead atoms. The average molecular weight is 223 g/mol. The molecule has 0 unspecified atom stereocenters. The summed E-state index contributed by atoms with van der Waals surface area (Å²) in [5, 5.41) is 5.92. The quantitative estimate of drug-likeness (QED) is 0.859. The molecule has 0 saturated carbocycles. The molecule has 2 N–H and O–H groups in total. The minimum absolute atomic E-state index is 0.546. The van der Waals surface area contributed by atoms with Crippen molar-refractivity contribution in [3.05, 3.63) is 22.8 Å². The Labute approximate surface area is 92.1 Å². The fourth-order valence-electron chi connectivity index (χ4n) is 1.38. The van der Waals surface area contributed by atoms with E-state index in [9.17, 15) is 0 Å². The molecular formula is C10H13N3OS. The Kier molecular flexibility index (Phi) is 3.13. The lowest BCUT2D eigenvalue weighted by Gasteiger charge is -1.92. The summed E-state index contributed by atoms with van der Waals surface area (Å²) in [6, 6.07) is 2.09. The molecule has 0 spiro atoms. The van der Waals surface area contributed by atoms with Crippen LogP contribution in [-0.4, -0.2) is 16.7 Å². The molecule has 0 atom stereocenters. The number of rotatable bonds is 4. The van der Waals surface area contributed by atoms with Gasteiger partial charge in [0.15, 0.2) is 5.82 Å². The van der Waals surface area contributed by atoms with Gasteiger partial charge in [-0.2, -0.15) is 4.98 Å². The number of aryl methyl sites for hydroxylation is 1. The normalized spacial score (nSPS) is 10.8. The zero-order valence-corrected chi connectivity index (χ0v) is 9.38. The van der Waals surface area contributed by atoms with E-state index in [-0.39, 0.29) is 0 Å². The fourth-order valence-corrected chi connectivity index (χ4v) is 2.29. The SMILES string of the molecule is CCc1ccsc1-c1nc(CCN)no1. The van der Waals surface area contributed by atoms with E-state index in [1.165, 1.54) is 5.56 Å². The van der Waals surface area contributed by atoms with E-state index in [4.69, 9.17) is 10.3 Å². The van der Waals surface area contributed by atoms with Crippen molar-refractivity contribution >= 4 is 11.3 Å². The molecule has 0 saturated heterocycles. The van der Waals surface area contributed by atoms with E-state index >= 15 is 0 Å². The van der Waals surface area contributed by atoms with Gasteiger partial charge in [0.05, 0.1) is 4.88 Å². The van der Waals surface area contributed by atoms with Crippen LogP contribution in [0.5, 0.6) is 0 Å². The topological polar surface area (TPSA) is 64.9 Å². The highest BCUT2D eigenvalue weighted by atomic mass is 32.1. The van der Waals surface area contributed by atoms with Crippen molar-refractivity contribution in [3.8, 4) is 10.8 Å². The zero-order valence-electron chi connectivity index (χ0n) is 8.56. The highest BCUT2D eigenvalue weighted by Gasteiger charge is 2.12. The first-order valence-electron chi connectivity index (χ1n) is 4.94. The van der Waals surface area contributed by atoms with Gasteiger partial charge in [-0.15, -0.1) is 11.3 Å². The third-order valence-corrected chi connectivity index (χ3v) is 3.10. The van der Waals surface area contributed by atoms with Gasteiger partial charge in [-0.05, 0) is 30.0 Å². The Morgan fingerprint density at radius 2 is 2.40 bits per heavy atom. The fraction of sp³-hybridized carbons (Fsp3) is 0.400. The van der Waals surface area contributed by atoms with E-state index < -0.39 is 0 Å². The minimum Gasteiger partial charge on any atom is -0.333 e. The summed E-state index contributed by atoms with van der Waals surface area (Å²) >= 11 is 1.63.